The van der Waals surface area contributed by atoms with E-state index in [2.05, 4.69) is 31.4 Å². The summed E-state index contributed by atoms with van der Waals surface area (Å²) in [4.78, 5) is 43.6. The minimum absolute atomic E-state index is 0.0992. The van der Waals surface area contributed by atoms with E-state index in [1.165, 1.54) is 22.9 Å². The largest absolute Gasteiger partial charge is 0.364 e. The molecule has 13 heteroatoms. The quantitative estimate of drug-likeness (QED) is 0.211. The predicted molar refractivity (Wildman–Crippen MR) is 123 cm³/mol. The number of amides is 3. The number of nitrogens with zero attached hydrogens (tertiary/aromatic N) is 2. The van der Waals surface area contributed by atoms with Gasteiger partial charge >= 0.3 is 0 Å². The number of primary amides is 1. The normalized spacial score (nSPS) is 11.1. The lowest BCUT2D eigenvalue weighted by Crippen LogP contribution is -2.30. The smallest absolute Gasteiger partial charge is 0.275 e. The van der Waals surface area contributed by atoms with E-state index < -0.39 is 21.9 Å². The molecule has 2 aromatic heterocycles. The Bertz CT molecular complexity index is 1110. The zero-order valence-corrected chi connectivity index (χ0v) is 19.6. The van der Waals surface area contributed by atoms with E-state index in [0.717, 1.165) is 25.5 Å². The van der Waals surface area contributed by atoms with Gasteiger partial charge in [0.25, 0.3) is 27.8 Å². The Hall–Kier alpha value is -3.16. The van der Waals surface area contributed by atoms with E-state index in [-0.39, 0.29) is 29.6 Å². The molecule has 0 aliphatic carbocycles. The first kappa shape index (κ1) is 26.1. The number of carbonyl (C=O) groups is 3. The molecule has 2 aromatic rings. The Labute approximate surface area is 195 Å². The number of aromatic nitrogens is 2. The van der Waals surface area contributed by atoms with Gasteiger partial charge in [-0.1, -0.05) is 19.4 Å². The average Bonchev–Trinajstić information content (AvgIpc) is 3.25. The molecule has 11 nitrogen and oxygen atoms in total. The Balaban J connectivity index is 1.78. The zero-order chi connectivity index (χ0) is 24.4. The molecule has 2 heterocycles. The summed E-state index contributed by atoms with van der Waals surface area (Å²) in [6.45, 7) is 3.99. The molecular formula is C20H25N5O6S2. The topological polar surface area (TPSA) is 170 Å². The van der Waals surface area contributed by atoms with Gasteiger partial charge in [-0.3, -0.25) is 23.6 Å². The van der Waals surface area contributed by atoms with Crippen LogP contribution in [0.4, 0.5) is 0 Å². The van der Waals surface area contributed by atoms with Gasteiger partial charge in [-0.2, -0.15) is 8.42 Å². The molecule has 0 atom stereocenters. The zero-order valence-electron chi connectivity index (χ0n) is 18.0. The maximum Gasteiger partial charge on any atom is 0.275 e. The number of carbonyl (C=O) groups excluding carboxylic acids is 3. The fourth-order valence-corrected chi connectivity index (χ4v) is 3.72. The fraction of sp³-hybridized carbons (Fsp3) is 0.350. The van der Waals surface area contributed by atoms with E-state index in [4.69, 9.17) is 5.73 Å². The van der Waals surface area contributed by atoms with Crippen molar-refractivity contribution in [3.63, 3.8) is 0 Å². The molecule has 33 heavy (non-hydrogen) atoms. The van der Waals surface area contributed by atoms with Crippen LogP contribution >= 0.6 is 11.3 Å². The van der Waals surface area contributed by atoms with Crippen molar-refractivity contribution < 1.29 is 27.0 Å². The third kappa shape index (κ3) is 9.08. The fourth-order valence-electron chi connectivity index (χ4n) is 2.51. The van der Waals surface area contributed by atoms with Gasteiger partial charge in [0.15, 0.2) is 0 Å². The van der Waals surface area contributed by atoms with Crippen molar-refractivity contribution in [3.8, 4) is 10.6 Å². The van der Waals surface area contributed by atoms with E-state index in [9.17, 15) is 22.8 Å². The van der Waals surface area contributed by atoms with Crippen LogP contribution in [-0.2, 0) is 19.1 Å². The van der Waals surface area contributed by atoms with E-state index in [0.29, 0.717) is 23.5 Å². The summed E-state index contributed by atoms with van der Waals surface area (Å²) in [5, 5.41) is 7.08. The summed E-state index contributed by atoms with van der Waals surface area (Å²) in [5.74, 6) is -1.75. The van der Waals surface area contributed by atoms with Crippen molar-refractivity contribution in [3.05, 3.63) is 47.4 Å². The first-order chi connectivity index (χ1) is 15.6. The summed E-state index contributed by atoms with van der Waals surface area (Å²) in [5.41, 5.74) is 5.78. The highest BCUT2D eigenvalue weighted by molar-refractivity contribution is 7.85. The SMILES string of the molecule is C=C(NC(=O)c1csc(-c2ccc(C(=O)NCCCCCCOS(C)(=O)=O)nc2)n1)C(N)=O. The number of nitrogens with one attached hydrogen (secondary N) is 2. The van der Waals surface area contributed by atoms with Crippen LogP contribution in [0, 0.1) is 0 Å². The van der Waals surface area contributed by atoms with Crippen LogP contribution in [0.15, 0.2) is 36.0 Å². The Kier molecular flexibility index (Phi) is 9.63. The van der Waals surface area contributed by atoms with Crippen LogP contribution < -0.4 is 16.4 Å². The maximum absolute atomic E-state index is 12.2. The summed E-state index contributed by atoms with van der Waals surface area (Å²) in [7, 11) is -3.40. The lowest BCUT2D eigenvalue weighted by Gasteiger charge is -2.05. The van der Waals surface area contributed by atoms with Gasteiger partial charge in [0.2, 0.25) is 0 Å². The third-order valence-corrected chi connectivity index (χ3v) is 5.68. The maximum atomic E-state index is 12.2. The molecule has 2 rings (SSSR count). The molecule has 4 N–H and O–H groups in total. The van der Waals surface area contributed by atoms with Gasteiger partial charge in [-0.15, -0.1) is 11.3 Å². The van der Waals surface area contributed by atoms with Crippen molar-refractivity contribution >= 4 is 39.2 Å². The Morgan fingerprint density at radius 2 is 1.85 bits per heavy atom. The predicted octanol–water partition coefficient (Wildman–Crippen LogP) is 1.20. The van der Waals surface area contributed by atoms with Gasteiger partial charge in [0, 0.05) is 23.7 Å². The second kappa shape index (κ2) is 12.2. The van der Waals surface area contributed by atoms with Crippen LogP contribution in [0.1, 0.15) is 46.7 Å². The molecule has 0 fully saturated rings. The molecule has 0 aliphatic heterocycles. The molecule has 178 valence electrons. The summed E-state index contributed by atoms with van der Waals surface area (Å²) >= 11 is 1.21. The van der Waals surface area contributed by atoms with Crippen molar-refractivity contribution in [2.45, 2.75) is 25.7 Å². The van der Waals surface area contributed by atoms with Crippen LogP contribution in [0.3, 0.4) is 0 Å². The molecule has 0 radical (unpaired) electrons. The molecule has 3 amide bonds. The lowest BCUT2D eigenvalue weighted by atomic mass is 10.2. The first-order valence-corrected chi connectivity index (χ1v) is 12.6. The van der Waals surface area contributed by atoms with E-state index >= 15 is 0 Å². The van der Waals surface area contributed by atoms with Gasteiger partial charge < -0.3 is 16.4 Å². The van der Waals surface area contributed by atoms with Crippen molar-refractivity contribution in [2.75, 3.05) is 19.4 Å². The number of hydrogen-bond donors (Lipinski definition) is 3. The standard InChI is InChI=1S/C20H25N5O6S2/c1-13(17(21)26)24-19(28)16-12-32-20(25-16)14-7-8-15(23-11-14)18(27)22-9-5-3-4-6-10-31-33(2,29)30/h7-8,11-12H,1,3-6,9-10H2,2H3,(H2,21,26)(H,22,27)(H,24,28). The monoisotopic (exact) mass is 495 g/mol. The Morgan fingerprint density at radius 1 is 1.12 bits per heavy atom. The van der Waals surface area contributed by atoms with Crippen molar-refractivity contribution in [1.82, 2.24) is 20.6 Å². The molecule has 0 aliphatic rings. The number of thiazole rings is 1. The number of nitrogens with two attached hydrogens (primary N) is 1. The van der Waals surface area contributed by atoms with E-state index in [1.54, 1.807) is 12.1 Å². The lowest BCUT2D eigenvalue weighted by molar-refractivity contribution is -0.114. The molecule has 0 spiro atoms. The van der Waals surface area contributed by atoms with Gasteiger partial charge in [0.05, 0.1) is 18.6 Å². The summed E-state index contributed by atoms with van der Waals surface area (Å²) < 4.78 is 26.4. The number of unbranched alkanes of at least 4 members (excludes halogenated alkanes) is 3. The highest BCUT2D eigenvalue weighted by atomic mass is 32.2. The van der Waals surface area contributed by atoms with Crippen molar-refractivity contribution in [2.24, 2.45) is 5.73 Å². The molecular weight excluding hydrogens is 470 g/mol. The first-order valence-electron chi connectivity index (χ1n) is 9.91. The minimum Gasteiger partial charge on any atom is -0.364 e. The van der Waals surface area contributed by atoms with Crippen molar-refractivity contribution in [1.29, 1.82) is 0 Å². The van der Waals surface area contributed by atoms with Gasteiger partial charge in [0.1, 0.15) is 16.4 Å². The van der Waals surface area contributed by atoms with E-state index in [1.807, 2.05) is 0 Å². The molecule has 0 saturated carbocycles. The minimum atomic E-state index is -3.40. The van der Waals surface area contributed by atoms with Crippen LogP contribution in [0.2, 0.25) is 0 Å². The number of hydrogen-bond acceptors (Lipinski definition) is 9. The molecule has 0 bridgehead atoms. The van der Waals surface area contributed by atoms with Crippen LogP contribution in [-0.4, -0.2) is 55.5 Å². The molecule has 0 aromatic carbocycles. The Morgan fingerprint density at radius 3 is 2.48 bits per heavy atom. The molecule has 0 unspecified atom stereocenters. The molecule has 0 saturated heterocycles. The second-order valence-corrected chi connectivity index (χ2v) is 9.47. The highest BCUT2D eigenvalue weighted by Gasteiger charge is 2.15. The number of rotatable bonds is 13. The third-order valence-electron chi connectivity index (χ3n) is 4.20. The average molecular weight is 496 g/mol. The van der Waals surface area contributed by atoms with Crippen LogP contribution in [0.5, 0.6) is 0 Å². The highest BCUT2D eigenvalue weighted by Crippen LogP contribution is 2.23. The summed E-state index contributed by atoms with van der Waals surface area (Å²) in [6, 6.07) is 3.23. The summed E-state index contributed by atoms with van der Waals surface area (Å²) in [6.07, 6.45) is 5.50. The van der Waals surface area contributed by atoms with Gasteiger partial charge in [-0.05, 0) is 25.0 Å². The number of pyridine rings is 1. The van der Waals surface area contributed by atoms with Crippen LogP contribution in [0.25, 0.3) is 10.6 Å². The second-order valence-electron chi connectivity index (χ2n) is 6.96. The van der Waals surface area contributed by atoms with Gasteiger partial charge in [-0.25, -0.2) is 4.98 Å².